The van der Waals surface area contributed by atoms with Crippen molar-refractivity contribution in [2.45, 2.75) is 25.7 Å². The molecule has 1 aromatic heterocycles. The molecule has 0 fully saturated rings. The maximum atomic E-state index is 14.5. The topological polar surface area (TPSA) is 108 Å². The van der Waals surface area contributed by atoms with Gasteiger partial charge in [-0.05, 0) is 105 Å². The minimum absolute atomic E-state index is 0.157. The van der Waals surface area contributed by atoms with Crippen molar-refractivity contribution < 1.29 is 8.78 Å². The van der Waals surface area contributed by atoms with Crippen molar-refractivity contribution in [3.8, 4) is 11.4 Å². The van der Waals surface area contributed by atoms with Crippen molar-refractivity contribution in [2.75, 3.05) is 44.6 Å². The Morgan fingerprint density at radius 2 is 1.65 bits per heavy atom. The van der Waals surface area contributed by atoms with E-state index in [2.05, 4.69) is 41.8 Å². The number of H-pyrrole nitrogens is 1. The summed E-state index contributed by atoms with van der Waals surface area (Å²) in [6.07, 6.45) is 4.03. The molecule has 0 amide bonds. The minimum Gasteiger partial charge on any atom is -0.383 e. The van der Waals surface area contributed by atoms with Gasteiger partial charge in [0.05, 0.1) is 16.6 Å². The van der Waals surface area contributed by atoms with Crippen LogP contribution in [0, 0.1) is 11.6 Å². The lowest BCUT2D eigenvalue weighted by Gasteiger charge is -2.11. The van der Waals surface area contributed by atoms with Gasteiger partial charge in [0.1, 0.15) is 17.5 Å². The number of nitrogens with two attached hydrogens (primary N) is 1. The highest BCUT2D eigenvalue weighted by atomic mass is 79.9. The standard InChI is InChI=1S/C24H31BrF2N6O/c25-19-13-16(26)5-6-17(19)23-32-21-15-22(20(27)14-18(21)24(34)33-23)31-12-4-11-30-9-2-1-8-29-10-3-7-28/h5-6,13-15,29-31H,1-4,7-12,28H2,(H,32,33,34). The Morgan fingerprint density at radius 3 is 2.35 bits per heavy atom. The third-order valence-corrected chi connectivity index (χ3v) is 6.00. The fourth-order valence-corrected chi connectivity index (χ4v) is 4.06. The lowest BCUT2D eigenvalue weighted by Crippen LogP contribution is -2.22. The Hall–Kier alpha value is -2.40. The zero-order valence-electron chi connectivity index (χ0n) is 19.0. The van der Waals surface area contributed by atoms with Gasteiger partial charge in [-0.15, -0.1) is 0 Å². The molecule has 0 spiro atoms. The first-order valence-electron chi connectivity index (χ1n) is 11.5. The molecule has 3 rings (SSSR count). The number of anilines is 1. The van der Waals surface area contributed by atoms with Crippen LogP contribution in [0.15, 0.2) is 39.6 Å². The van der Waals surface area contributed by atoms with Crippen LogP contribution in [-0.4, -0.2) is 49.2 Å². The van der Waals surface area contributed by atoms with Crippen molar-refractivity contribution in [3.63, 3.8) is 0 Å². The number of benzene rings is 2. The van der Waals surface area contributed by atoms with E-state index in [4.69, 9.17) is 5.73 Å². The van der Waals surface area contributed by atoms with Crippen molar-refractivity contribution >= 4 is 32.5 Å². The molecule has 0 aliphatic carbocycles. The van der Waals surface area contributed by atoms with Crippen LogP contribution < -0.4 is 27.2 Å². The maximum Gasteiger partial charge on any atom is 0.259 e. The molecule has 7 nitrogen and oxygen atoms in total. The fourth-order valence-electron chi connectivity index (χ4n) is 3.52. The Bertz CT molecular complexity index is 1140. The number of hydrogen-bond donors (Lipinski definition) is 5. The molecule has 184 valence electrons. The molecule has 34 heavy (non-hydrogen) atoms. The summed E-state index contributed by atoms with van der Waals surface area (Å²) in [6.45, 7) is 5.03. The zero-order chi connectivity index (χ0) is 24.3. The number of hydrogen-bond acceptors (Lipinski definition) is 6. The summed E-state index contributed by atoms with van der Waals surface area (Å²) in [5.74, 6) is -0.636. The van der Waals surface area contributed by atoms with Crippen LogP contribution in [0.3, 0.4) is 0 Å². The van der Waals surface area contributed by atoms with Gasteiger partial charge in [-0.2, -0.15) is 0 Å². The van der Waals surface area contributed by atoms with Gasteiger partial charge in [0, 0.05) is 16.6 Å². The van der Waals surface area contributed by atoms with Crippen LogP contribution in [0.25, 0.3) is 22.3 Å². The first-order valence-corrected chi connectivity index (χ1v) is 12.3. The zero-order valence-corrected chi connectivity index (χ0v) is 20.6. The highest BCUT2D eigenvalue weighted by molar-refractivity contribution is 9.10. The second kappa shape index (κ2) is 13.5. The minimum atomic E-state index is -0.509. The van der Waals surface area contributed by atoms with E-state index in [9.17, 15) is 13.6 Å². The number of aromatic nitrogens is 2. The fraction of sp³-hybridized carbons (Fsp3) is 0.417. The van der Waals surface area contributed by atoms with Gasteiger partial charge >= 0.3 is 0 Å². The van der Waals surface area contributed by atoms with Crippen molar-refractivity contribution in [3.05, 3.63) is 56.8 Å². The number of rotatable bonds is 14. The first-order chi connectivity index (χ1) is 16.5. The maximum absolute atomic E-state index is 14.5. The van der Waals surface area contributed by atoms with E-state index < -0.39 is 17.2 Å². The average molecular weight is 537 g/mol. The van der Waals surface area contributed by atoms with Crippen molar-refractivity contribution in [1.29, 1.82) is 0 Å². The largest absolute Gasteiger partial charge is 0.383 e. The summed E-state index contributed by atoms with van der Waals surface area (Å²) in [6, 6.07) is 6.83. The quantitative estimate of drug-likeness (QED) is 0.201. The predicted octanol–water partition coefficient (Wildman–Crippen LogP) is 3.74. The molecular weight excluding hydrogens is 506 g/mol. The number of aromatic amines is 1. The summed E-state index contributed by atoms with van der Waals surface area (Å²) >= 11 is 3.29. The summed E-state index contributed by atoms with van der Waals surface area (Å²) in [5.41, 5.74) is 6.19. The van der Waals surface area contributed by atoms with E-state index in [1.54, 1.807) is 0 Å². The molecular formula is C24H31BrF2N6O. The Labute approximate surface area is 206 Å². The molecule has 0 radical (unpaired) electrons. The molecule has 1 heterocycles. The number of fused-ring (bicyclic) bond motifs is 1. The first kappa shape index (κ1) is 26.2. The van der Waals surface area contributed by atoms with E-state index in [0.717, 1.165) is 58.4 Å². The van der Waals surface area contributed by atoms with Gasteiger partial charge in [-0.25, -0.2) is 13.8 Å². The normalized spacial score (nSPS) is 11.3. The van der Waals surface area contributed by atoms with Crippen molar-refractivity contribution in [1.82, 2.24) is 20.6 Å². The molecule has 0 saturated carbocycles. The van der Waals surface area contributed by atoms with Crippen LogP contribution in [0.2, 0.25) is 0 Å². The Morgan fingerprint density at radius 1 is 0.941 bits per heavy atom. The summed E-state index contributed by atoms with van der Waals surface area (Å²) in [7, 11) is 0. The molecule has 0 unspecified atom stereocenters. The van der Waals surface area contributed by atoms with E-state index in [0.29, 0.717) is 27.8 Å². The number of nitrogens with one attached hydrogen (secondary N) is 4. The number of halogens is 3. The Kier molecular flexibility index (Phi) is 10.4. The summed E-state index contributed by atoms with van der Waals surface area (Å²) in [4.78, 5) is 19.6. The monoisotopic (exact) mass is 536 g/mol. The van der Waals surface area contributed by atoms with E-state index in [1.807, 2.05) is 0 Å². The average Bonchev–Trinajstić information content (AvgIpc) is 2.80. The Balaban J connectivity index is 1.52. The van der Waals surface area contributed by atoms with Crippen LogP contribution in [0.5, 0.6) is 0 Å². The SMILES string of the molecule is NCCCNCCCCNCCCNc1cc2nc(-c3ccc(F)cc3Br)[nH]c(=O)c2cc1F. The molecule has 0 aliphatic rings. The molecule has 10 heteroatoms. The third kappa shape index (κ3) is 7.56. The number of nitrogens with zero attached hydrogens (tertiary/aromatic N) is 1. The lowest BCUT2D eigenvalue weighted by molar-refractivity contribution is 0.571. The third-order valence-electron chi connectivity index (χ3n) is 5.34. The van der Waals surface area contributed by atoms with Crippen molar-refractivity contribution in [2.24, 2.45) is 5.73 Å². The molecule has 2 aromatic carbocycles. The van der Waals surface area contributed by atoms with E-state index >= 15 is 0 Å². The van der Waals surface area contributed by atoms with Gasteiger partial charge < -0.3 is 26.7 Å². The van der Waals surface area contributed by atoms with Gasteiger partial charge in [0.25, 0.3) is 5.56 Å². The van der Waals surface area contributed by atoms with Gasteiger partial charge in [0.2, 0.25) is 0 Å². The molecule has 0 atom stereocenters. The van der Waals surface area contributed by atoms with Crippen LogP contribution in [-0.2, 0) is 0 Å². The lowest BCUT2D eigenvalue weighted by atomic mass is 10.1. The molecule has 6 N–H and O–H groups in total. The van der Waals surface area contributed by atoms with Gasteiger partial charge in [-0.3, -0.25) is 4.79 Å². The molecule has 3 aromatic rings. The smallest absolute Gasteiger partial charge is 0.259 e. The van der Waals surface area contributed by atoms with Crippen LogP contribution >= 0.6 is 15.9 Å². The van der Waals surface area contributed by atoms with Crippen LogP contribution in [0.1, 0.15) is 25.7 Å². The summed E-state index contributed by atoms with van der Waals surface area (Å²) in [5, 5.41) is 9.99. The van der Waals surface area contributed by atoms with E-state index in [-0.39, 0.29) is 11.2 Å². The summed E-state index contributed by atoms with van der Waals surface area (Å²) < 4.78 is 28.4. The van der Waals surface area contributed by atoms with Gasteiger partial charge in [-0.1, -0.05) is 0 Å². The second-order valence-corrected chi connectivity index (χ2v) is 8.87. The highest BCUT2D eigenvalue weighted by Gasteiger charge is 2.13. The van der Waals surface area contributed by atoms with Crippen LogP contribution in [0.4, 0.5) is 14.5 Å². The molecule has 0 saturated heterocycles. The predicted molar refractivity (Wildman–Crippen MR) is 137 cm³/mol. The van der Waals surface area contributed by atoms with E-state index in [1.165, 1.54) is 30.3 Å². The second-order valence-electron chi connectivity index (χ2n) is 8.02. The molecule has 0 aliphatic heterocycles. The number of unbranched alkanes of at least 4 members (excludes halogenated alkanes) is 1. The highest BCUT2D eigenvalue weighted by Crippen LogP contribution is 2.27. The molecule has 0 bridgehead atoms. The van der Waals surface area contributed by atoms with Gasteiger partial charge in [0.15, 0.2) is 0 Å².